The predicted molar refractivity (Wildman–Crippen MR) is 69.0 cm³/mol. The summed E-state index contributed by atoms with van der Waals surface area (Å²) in [6.45, 7) is 15.7. The fourth-order valence-electron chi connectivity index (χ4n) is 1.51. The van der Waals surface area contributed by atoms with Gasteiger partial charge in [0.05, 0.1) is 0 Å². The third kappa shape index (κ3) is 6.91. The monoisotopic (exact) mass is 214 g/mol. The van der Waals surface area contributed by atoms with Gasteiger partial charge in [0.25, 0.3) is 0 Å². The molecule has 0 aliphatic heterocycles. The SMILES string of the molecule is CCC(C)CN(CC)CCC(C)(C)CN. The van der Waals surface area contributed by atoms with Crippen LogP contribution in [0.25, 0.3) is 0 Å². The van der Waals surface area contributed by atoms with Crippen LogP contribution in [0.15, 0.2) is 0 Å². The standard InChI is InChI=1S/C13H30N2/c1-6-12(3)10-15(7-2)9-8-13(4,5)11-14/h12H,6-11,14H2,1-5H3. The Balaban J connectivity index is 3.89. The van der Waals surface area contributed by atoms with Crippen LogP contribution in [0.5, 0.6) is 0 Å². The van der Waals surface area contributed by atoms with Gasteiger partial charge in [0.1, 0.15) is 0 Å². The molecular formula is C13H30N2. The van der Waals surface area contributed by atoms with Crippen molar-refractivity contribution in [3.05, 3.63) is 0 Å². The molecule has 2 heteroatoms. The van der Waals surface area contributed by atoms with E-state index in [1.165, 1.54) is 25.9 Å². The fraction of sp³-hybridized carbons (Fsp3) is 1.00. The summed E-state index contributed by atoms with van der Waals surface area (Å²) in [5, 5.41) is 0. The average Bonchev–Trinajstić information content (AvgIpc) is 2.23. The highest BCUT2D eigenvalue weighted by molar-refractivity contribution is 4.72. The lowest BCUT2D eigenvalue weighted by atomic mass is 9.89. The molecule has 0 rings (SSSR count). The average molecular weight is 214 g/mol. The Labute approximate surface area is 96.2 Å². The molecule has 0 radical (unpaired) electrons. The Hall–Kier alpha value is -0.0800. The van der Waals surface area contributed by atoms with E-state index in [0.717, 1.165) is 19.0 Å². The molecule has 0 aliphatic rings. The highest BCUT2D eigenvalue weighted by atomic mass is 15.1. The van der Waals surface area contributed by atoms with Gasteiger partial charge in [0, 0.05) is 6.54 Å². The van der Waals surface area contributed by atoms with Crippen molar-refractivity contribution in [1.82, 2.24) is 4.90 Å². The van der Waals surface area contributed by atoms with E-state index in [1.807, 2.05) is 0 Å². The first-order valence-corrected chi connectivity index (χ1v) is 6.37. The molecule has 0 spiro atoms. The first-order chi connectivity index (χ1) is 6.95. The molecule has 0 saturated carbocycles. The van der Waals surface area contributed by atoms with Gasteiger partial charge in [-0.1, -0.05) is 41.0 Å². The minimum atomic E-state index is 0.295. The van der Waals surface area contributed by atoms with Crippen molar-refractivity contribution >= 4 is 0 Å². The molecule has 2 nitrogen and oxygen atoms in total. The molecule has 92 valence electrons. The molecule has 0 heterocycles. The zero-order valence-corrected chi connectivity index (χ0v) is 11.3. The summed E-state index contributed by atoms with van der Waals surface area (Å²) in [6.07, 6.45) is 2.48. The molecule has 15 heavy (non-hydrogen) atoms. The van der Waals surface area contributed by atoms with Gasteiger partial charge in [-0.3, -0.25) is 0 Å². The topological polar surface area (TPSA) is 29.3 Å². The van der Waals surface area contributed by atoms with Crippen molar-refractivity contribution in [2.45, 2.75) is 47.5 Å². The van der Waals surface area contributed by atoms with Crippen molar-refractivity contribution in [2.24, 2.45) is 17.1 Å². The lowest BCUT2D eigenvalue weighted by molar-refractivity contribution is 0.204. The number of hydrogen-bond acceptors (Lipinski definition) is 2. The van der Waals surface area contributed by atoms with Gasteiger partial charge in [0.2, 0.25) is 0 Å². The first kappa shape index (κ1) is 14.9. The summed E-state index contributed by atoms with van der Waals surface area (Å²) in [5.74, 6) is 0.811. The molecule has 2 N–H and O–H groups in total. The van der Waals surface area contributed by atoms with Crippen LogP contribution in [0.2, 0.25) is 0 Å². The molecule has 0 aromatic rings. The highest BCUT2D eigenvalue weighted by Crippen LogP contribution is 2.19. The Kier molecular flexibility index (Phi) is 7.20. The van der Waals surface area contributed by atoms with Gasteiger partial charge in [-0.05, 0) is 37.4 Å². The summed E-state index contributed by atoms with van der Waals surface area (Å²) in [4.78, 5) is 2.55. The van der Waals surface area contributed by atoms with Crippen molar-refractivity contribution in [3.8, 4) is 0 Å². The van der Waals surface area contributed by atoms with E-state index in [-0.39, 0.29) is 0 Å². The molecule has 0 aliphatic carbocycles. The minimum absolute atomic E-state index is 0.295. The maximum absolute atomic E-state index is 5.74. The zero-order valence-electron chi connectivity index (χ0n) is 11.3. The van der Waals surface area contributed by atoms with E-state index in [9.17, 15) is 0 Å². The summed E-state index contributed by atoms with van der Waals surface area (Å²) in [7, 11) is 0. The zero-order chi connectivity index (χ0) is 11.9. The van der Waals surface area contributed by atoms with Gasteiger partial charge in [-0.15, -0.1) is 0 Å². The predicted octanol–water partition coefficient (Wildman–Crippen LogP) is 2.73. The van der Waals surface area contributed by atoms with Crippen LogP contribution in [0.4, 0.5) is 0 Å². The van der Waals surface area contributed by atoms with Crippen LogP contribution in [0, 0.1) is 11.3 Å². The highest BCUT2D eigenvalue weighted by Gasteiger charge is 2.17. The maximum atomic E-state index is 5.74. The van der Waals surface area contributed by atoms with Crippen molar-refractivity contribution < 1.29 is 0 Å². The van der Waals surface area contributed by atoms with Crippen LogP contribution < -0.4 is 5.73 Å². The van der Waals surface area contributed by atoms with Crippen molar-refractivity contribution in [1.29, 1.82) is 0 Å². The van der Waals surface area contributed by atoms with E-state index in [2.05, 4.69) is 39.5 Å². The molecule has 0 bridgehead atoms. The quantitative estimate of drug-likeness (QED) is 0.673. The molecule has 0 saturated heterocycles. The Morgan fingerprint density at radius 3 is 2.27 bits per heavy atom. The second-order valence-corrected chi connectivity index (χ2v) is 5.52. The Bertz CT molecular complexity index is 155. The lowest BCUT2D eigenvalue weighted by Crippen LogP contribution is -2.34. The number of nitrogens with two attached hydrogens (primary N) is 1. The lowest BCUT2D eigenvalue weighted by Gasteiger charge is -2.29. The van der Waals surface area contributed by atoms with Crippen LogP contribution in [0.3, 0.4) is 0 Å². The summed E-state index contributed by atoms with van der Waals surface area (Å²) in [5.41, 5.74) is 6.04. The van der Waals surface area contributed by atoms with Gasteiger partial charge >= 0.3 is 0 Å². The Morgan fingerprint density at radius 2 is 1.87 bits per heavy atom. The van der Waals surface area contributed by atoms with Crippen LogP contribution in [0.1, 0.15) is 47.5 Å². The third-order valence-electron chi connectivity index (χ3n) is 3.37. The Morgan fingerprint density at radius 1 is 1.27 bits per heavy atom. The summed E-state index contributed by atoms with van der Waals surface area (Å²) < 4.78 is 0. The molecule has 1 atom stereocenters. The number of nitrogens with zero attached hydrogens (tertiary/aromatic N) is 1. The molecule has 0 aromatic heterocycles. The van der Waals surface area contributed by atoms with E-state index in [0.29, 0.717) is 5.41 Å². The van der Waals surface area contributed by atoms with Crippen LogP contribution >= 0.6 is 0 Å². The minimum Gasteiger partial charge on any atom is -0.330 e. The summed E-state index contributed by atoms with van der Waals surface area (Å²) in [6, 6.07) is 0. The largest absolute Gasteiger partial charge is 0.330 e. The second-order valence-electron chi connectivity index (χ2n) is 5.52. The van der Waals surface area contributed by atoms with Crippen molar-refractivity contribution in [2.75, 3.05) is 26.2 Å². The van der Waals surface area contributed by atoms with E-state index >= 15 is 0 Å². The van der Waals surface area contributed by atoms with Crippen LogP contribution in [-0.2, 0) is 0 Å². The second kappa shape index (κ2) is 7.24. The van der Waals surface area contributed by atoms with E-state index in [1.54, 1.807) is 0 Å². The van der Waals surface area contributed by atoms with Crippen molar-refractivity contribution in [3.63, 3.8) is 0 Å². The molecular weight excluding hydrogens is 184 g/mol. The number of hydrogen-bond donors (Lipinski definition) is 1. The van der Waals surface area contributed by atoms with E-state index < -0.39 is 0 Å². The first-order valence-electron chi connectivity index (χ1n) is 6.37. The van der Waals surface area contributed by atoms with Crippen LogP contribution in [-0.4, -0.2) is 31.1 Å². The van der Waals surface area contributed by atoms with E-state index in [4.69, 9.17) is 5.73 Å². The van der Waals surface area contributed by atoms with Gasteiger partial charge in [-0.25, -0.2) is 0 Å². The molecule has 1 unspecified atom stereocenters. The smallest absolute Gasteiger partial charge is 0.000680 e. The normalized spacial score (nSPS) is 14.6. The molecule has 0 aromatic carbocycles. The fourth-order valence-corrected chi connectivity index (χ4v) is 1.51. The number of rotatable bonds is 8. The molecule has 0 fully saturated rings. The van der Waals surface area contributed by atoms with Gasteiger partial charge in [0.15, 0.2) is 0 Å². The molecule has 0 amide bonds. The van der Waals surface area contributed by atoms with Gasteiger partial charge in [-0.2, -0.15) is 0 Å². The third-order valence-corrected chi connectivity index (χ3v) is 3.37. The van der Waals surface area contributed by atoms with Gasteiger partial charge < -0.3 is 10.6 Å². The summed E-state index contributed by atoms with van der Waals surface area (Å²) >= 11 is 0. The maximum Gasteiger partial charge on any atom is 0.000680 e.